The van der Waals surface area contributed by atoms with Crippen molar-refractivity contribution in [1.82, 2.24) is 5.32 Å². The molecule has 0 saturated carbocycles. The Labute approximate surface area is 205 Å². The molecule has 0 spiro atoms. The molecule has 35 heavy (non-hydrogen) atoms. The number of hydrogen-bond donors (Lipinski definition) is 1. The van der Waals surface area contributed by atoms with E-state index < -0.39 is 0 Å². The number of hydrogen-bond acceptors (Lipinski definition) is 7. The van der Waals surface area contributed by atoms with Gasteiger partial charge in [-0.25, -0.2) is 0 Å². The molecule has 0 fully saturated rings. The van der Waals surface area contributed by atoms with Crippen LogP contribution in [0.4, 0.5) is 0 Å². The number of nitrogens with one attached hydrogen (secondary N) is 1. The van der Waals surface area contributed by atoms with Crippen LogP contribution in [-0.2, 0) is 13.0 Å². The fourth-order valence-corrected chi connectivity index (χ4v) is 4.66. The lowest BCUT2D eigenvalue weighted by atomic mass is 9.95. The van der Waals surface area contributed by atoms with Crippen LogP contribution >= 0.6 is 0 Å². The average molecular weight is 478 g/mol. The van der Waals surface area contributed by atoms with E-state index in [2.05, 4.69) is 5.32 Å². The molecular formula is C28H31NO6. The predicted molar refractivity (Wildman–Crippen MR) is 135 cm³/mol. The van der Waals surface area contributed by atoms with Crippen molar-refractivity contribution in [1.29, 1.82) is 0 Å². The van der Waals surface area contributed by atoms with Gasteiger partial charge >= 0.3 is 0 Å². The number of rotatable bonds is 8. The van der Waals surface area contributed by atoms with Gasteiger partial charge in [-0.1, -0.05) is 18.2 Å². The van der Waals surface area contributed by atoms with E-state index in [4.69, 9.17) is 23.7 Å². The normalized spacial score (nSPS) is 14.3. The molecule has 184 valence electrons. The molecule has 7 nitrogen and oxygen atoms in total. The summed E-state index contributed by atoms with van der Waals surface area (Å²) in [6.45, 7) is 0.637. The smallest absolute Gasteiger partial charge is 0.220 e. The lowest BCUT2D eigenvalue weighted by Gasteiger charge is -2.20. The Morgan fingerprint density at radius 1 is 0.800 bits per heavy atom. The molecule has 0 aliphatic heterocycles. The standard InChI is InChI=1S/C28H31NO6/c1-31-19-9-6-17(7-10-19)16-29-22-12-8-18-14-25(33-3)27(34-4)28(35-5)26(18)20-11-13-24(32-2)23(30)15-21(20)22/h6-7,9-11,13-15,22,29H,8,12,16H2,1-5H3/t22-/m0/s1. The zero-order chi connectivity index (χ0) is 24.9. The summed E-state index contributed by atoms with van der Waals surface area (Å²) in [5.74, 6) is 2.81. The Kier molecular flexibility index (Phi) is 7.46. The van der Waals surface area contributed by atoms with E-state index in [1.165, 1.54) is 7.11 Å². The van der Waals surface area contributed by atoms with Gasteiger partial charge in [0.25, 0.3) is 0 Å². The second-order valence-electron chi connectivity index (χ2n) is 8.28. The third-order valence-corrected chi connectivity index (χ3v) is 6.43. The topological polar surface area (TPSA) is 75.2 Å². The molecule has 3 aromatic carbocycles. The van der Waals surface area contributed by atoms with Crippen LogP contribution in [0.3, 0.4) is 0 Å². The molecule has 4 rings (SSSR count). The van der Waals surface area contributed by atoms with Gasteiger partial charge in [0.05, 0.1) is 35.5 Å². The highest BCUT2D eigenvalue weighted by Gasteiger charge is 2.29. The number of ether oxygens (including phenoxy) is 5. The van der Waals surface area contributed by atoms with Gasteiger partial charge in [0.1, 0.15) is 5.75 Å². The van der Waals surface area contributed by atoms with Crippen LogP contribution in [0.25, 0.3) is 11.1 Å². The van der Waals surface area contributed by atoms with E-state index in [-0.39, 0.29) is 17.2 Å². The summed E-state index contributed by atoms with van der Waals surface area (Å²) in [5, 5.41) is 3.66. The minimum Gasteiger partial charge on any atom is -0.497 e. The first-order valence-corrected chi connectivity index (χ1v) is 11.4. The SMILES string of the molecule is COc1ccc(CN[C@H]2CCc3cc(OC)c(OC)c(OC)c3-c3ccc(OC)c(=O)cc32)cc1. The first-order valence-electron chi connectivity index (χ1n) is 11.4. The average Bonchev–Trinajstić information content (AvgIpc) is 3.14. The number of methoxy groups -OCH3 is 5. The van der Waals surface area contributed by atoms with Crippen LogP contribution in [0.2, 0.25) is 0 Å². The molecule has 0 heterocycles. The molecule has 1 aliphatic carbocycles. The van der Waals surface area contributed by atoms with Crippen LogP contribution in [0.1, 0.15) is 29.2 Å². The fraction of sp³-hybridized carbons (Fsp3) is 0.321. The third kappa shape index (κ3) is 4.77. The summed E-state index contributed by atoms with van der Waals surface area (Å²) < 4.78 is 27.7. The van der Waals surface area contributed by atoms with Gasteiger partial charge in [0, 0.05) is 18.2 Å². The van der Waals surface area contributed by atoms with Crippen molar-refractivity contribution in [2.45, 2.75) is 25.4 Å². The molecule has 1 N–H and O–H groups in total. The quantitative estimate of drug-likeness (QED) is 0.511. The molecule has 7 heteroatoms. The molecule has 0 aromatic heterocycles. The van der Waals surface area contributed by atoms with Crippen LogP contribution in [0.5, 0.6) is 28.7 Å². The van der Waals surface area contributed by atoms with Crippen LogP contribution in [0, 0.1) is 0 Å². The van der Waals surface area contributed by atoms with Crippen molar-refractivity contribution in [2.24, 2.45) is 0 Å². The van der Waals surface area contributed by atoms with Crippen LogP contribution in [-0.4, -0.2) is 35.5 Å². The minimum absolute atomic E-state index is 0.0778. The monoisotopic (exact) mass is 477 g/mol. The Morgan fingerprint density at radius 3 is 2.14 bits per heavy atom. The molecule has 0 saturated heterocycles. The maximum Gasteiger partial charge on any atom is 0.220 e. The van der Waals surface area contributed by atoms with Gasteiger partial charge < -0.3 is 29.0 Å². The Hall–Kier alpha value is -3.71. The van der Waals surface area contributed by atoms with Crippen molar-refractivity contribution in [3.63, 3.8) is 0 Å². The second-order valence-corrected chi connectivity index (χ2v) is 8.28. The highest BCUT2D eigenvalue weighted by molar-refractivity contribution is 5.82. The van der Waals surface area contributed by atoms with Gasteiger partial charge in [-0.15, -0.1) is 0 Å². The maximum atomic E-state index is 13.0. The van der Waals surface area contributed by atoms with Crippen molar-refractivity contribution >= 4 is 0 Å². The first-order chi connectivity index (χ1) is 17.0. The van der Waals surface area contributed by atoms with Crippen molar-refractivity contribution in [2.75, 3.05) is 35.5 Å². The van der Waals surface area contributed by atoms with Crippen molar-refractivity contribution < 1.29 is 23.7 Å². The maximum absolute atomic E-state index is 13.0. The van der Waals surface area contributed by atoms with Gasteiger partial charge in [-0.2, -0.15) is 0 Å². The number of benzene rings is 2. The minimum atomic E-state index is -0.173. The summed E-state index contributed by atoms with van der Waals surface area (Å²) in [5.41, 5.74) is 4.68. The summed E-state index contributed by atoms with van der Waals surface area (Å²) >= 11 is 0. The largest absolute Gasteiger partial charge is 0.497 e. The summed E-state index contributed by atoms with van der Waals surface area (Å²) in [7, 11) is 7.98. The molecule has 1 aliphatic rings. The highest BCUT2D eigenvalue weighted by Crippen LogP contribution is 2.50. The van der Waals surface area contributed by atoms with E-state index >= 15 is 0 Å². The molecule has 1 atom stereocenters. The Balaban J connectivity index is 1.86. The Morgan fingerprint density at radius 2 is 1.51 bits per heavy atom. The van der Waals surface area contributed by atoms with E-state index in [1.54, 1.807) is 40.6 Å². The summed E-state index contributed by atoms with van der Waals surface area (Å²) in [6, 6.07) is 15.2. The predicted octanol–water partition coefficient (Wildman–Crippen LogP) is 4.53. The van der Waals surface area contributed by atoms with E-state index in [9.17, 15) is 4.79 Å². The lowest BCUT2D eigenvalue weighted by molar-refractivity contribution is 0.324. The van der Waals surface area contributed by atoms with E-state index in [1.807, 2.05) is 36.4 Å². The van der Waals surface area contributed by atoms with Crippen molar-refractivity contribution in [3.8, 4) is 39.9 Å². The first kappa shape index (κ1) is 24.4. The zero-order valence-corrected chi connectivity index (χ0v) is 20.8. The molecule has 0 amide bonds. The van der Waals surface area contributed by atoms with Crippen molar-refractivity contribution in [3.05, 3.63) is 75.4 Å². The van der Waals surface area contributed by atoms with Crippen LogP contribution < -0.4 is 34.4 Å². The summed E-state index contributed by atoms with van der Waals surface area (Å²) in [4.78, 5) is 13.0. The second kappa shape index (κ2) is 10.7. The van der Waals surface area contributed by atoms with E-state index in [0.29, 0.717) is 23.8 Å². The third-order valence-electron chi connectivity index (χ3n) is 6.43. The molecule has 0 bridgehead atoms. The molecular weight excluding hydrogens is 446 g/mol. The lowest BCUT2D eigenvalue weighted by Crippen LogP contribution is -2.22. The highest BCUT2D eigenvalue weighted by atomic mass is 16.5. The number of fused-ring (bicyclic) bond motifs is 3. The van der Waals surface area contributed by atoms with Crippen LogP contribution in [0.15, 0.2) is 53.3 Å². The zero-order valence-electron chi connectivity index (χ0n) is 20.8. The molecule has 0 unspecified atom stereocenters. The molecule has 3 aromatic rings. The van der Waals surface area contributed by atoms with Gasteiger partial charge in [-0.3, -0.25) is 4.79 Å². The van der Waals surface area contributed by atoms with Gasteiger partial charge in [0.2, 0.25) is 11.2 Å². The van der Waals surface area contributed by atoms with E-state index in [0.717, 1.165) is 46.4 Å². The molecule has 0 radical (unpaired) electrons. The van der Waals surface area contributed by atoms with Gasteiger partial charge in [0.15, 0.2) is 17.2 Å². The summed E-state index contributed by atoms with van der Waals surface area (Å²) in [6.07, 6.45) is 1.54. The number of aryl methyl sites for hydroxylation is 1. The Bertz CT molecular complexity index is 1260. The van der Waals surface area contributed by atoms with Gasteiger partial charge in [-0.05, 0) is 65.4 Å². The fourth-order valence-electron chi connectivity index (χ4n) is 4.66.